The van der Waals surface area contributed by atoms with Gasteiger partial charge in [-0.15, -0.1) is 11.3 Å². The minimum Gasteiger partial charge on any atom is -0.799 e. The molecule has 0 spiro atoms. The third kappa shape index (κ3) is 4.50. The van der Waals surface area contributed by atoms with E-state index in [9.17, 15) is 23.0 Å². The Morgan fingerprint density at radius 1 is 1.25 bits per heavy atom. The second-order valence-corrected chi connectivity index (χ2v) is 9.84. The summed E-state index contributed by atoms with van der Waals surface area (Å²) in [5, 5.41) is 5.06. The number of rotatable bonds is 5. The van der Waals surface area contributed by atoms with Gasteiger partial charge < -0.3 is 14.8 Å². The van der Waals surface area contributed by atoms with Crippen LogP contribution in [0, 0.1) is 11.6 Å². The van der Waals surface area contributed by atoms with E-state index in [1.807, 2.05) is 0 Å². The standard InChI is InChI=1S/C19H15ClF2NO3PS/c1-27(25,26)18(14-10-28-17-5-3-12(20)9-13(14)17)19(24)23-7-6-11-2-4-15(21)16(22)8-11/h2-10,18H,1H3,(H,23,24)(H,25,26)/p-1/b7-6+. The van der Waals surface area contributed by atoms with Crippen LogP contribution in [0.25, 0.3) is 16.2 Å². The van der Waals surface area contributed by atoms with Crippen LogP contribution in [0.3, 0.4) is 0 Å². The van der Waals surface area contributed by atoms with E-state index in [0.29, 0.717) is 21.5 Å². The van der Waals surface area contributed by atoms with Gasteiger partial charge in [0.25, 0.3) is 0 Å². The molecule has 0 saturated carbocycles. The molecule has 2 aromatic carbocycles. The van der Waals surface area contributed by atoms with Gasteiger partial charge in [0.05, 0.1) is 0 Å². The molecule has 0 radical (unpaired) electrons. The summed E-state index contributed by atoms with van der Waals surface area (Å²) in [6, 6.07) is 8.31. The molecular formula is C19H14ClF2NO3PS-. The Bertz CT molecular complexity index is 1130. The maximum Gasteiger partial charge on any atom is 0.237 e. The fraction of sp³-hybridized carbons (Fsp3) is 0.105. The van der Waals surface area contributed by atoms with Crippen molar-refractivity contribution < 1.29 is 23.0 Å². The monoisotopic (exact) mass is 440 g/mol. The first kappa shape index (κ1) is 20.7. The largest absolute Gasteiger partial charge is 0.799 e. The minimum atomic E-state index is -4.11. The van der Waals surface area contributed by atoms with Gasteiger partial charge in [0, 0.05) is 23.3 Å². The topological polar surface area (TPSA) is 69.2 Å². The second-order valence-electron chi connectivity index (χ2n) is 6.16. The molecule has 0 aliphatic heterocycles. The van der Waals surface area contributed by atoms with Gasteiger partial charge in [-0.25, -0.2) is 8.78 Å². The first-order valence-electron chi connectivity index (χ1n) is 8.03. The first-order chi connectivity index (χ1) is 13.2. The van der Waals surface area contributed by atoms with E-state index in [0.717, 1.165) is 23.5 Å². The molecule has 146 valence electrons. The molecule has 2 unspecified atom stereocenters. The molecule has 0 bridgehead atoms. The van der Waals surface area contributed by atoms with Crippen molar-refractivity contribution in [2.75, 3.05) is 6.66 Å². The molecular weight excluding hydrogens is 427 g/mol. The Balaban J connectivity index is 1.88. The van der Waals surface area contributed by atoms with Crippen molar-refractivity contribution >= 4 is 52.4 Å². The zero-order valence-electron chi connectivity index (χ0n) is 14.5. The number of amides is 1. The van der Waals surface area contributed by atoms with Crippen molar-refractivity contribution in [2.24, 2.45) is 0 Å². The number of hydrogen-bond donors (Lipinski definition) is 1. The Morgan fingerprint density at radius 2 is 2.00 bits per heavy atom. The maximum atomic E-state index is 13.2. The quantitative estimate of drug-likeness (QED) is 0.572. The lowest BCUT2D eigenvalue weighted by Crippen LogP contribution is -2.27. The summed E-state index contributed by atoms with van der Waals surface area (Å²) in [6.45, 7) is 1.00. The highest BCUT2D eigenvalue weighted by atomic mass is 35.5. The molecule has 4 nitrogen and oxygen atoms in total. The molecule has 0 fully saturated rings. The van der Waals surface area contributed by atoms with Crippen molar-refractivity contribution in [3.63, 3.8) is 0 Å². The predicted molar refractivity (Wildman–Crippen MR) is 107 cm³/mol. The normalized spacial score (nSPS) is 14.9. The lowest BCUT2D eigenvalue weighted by molar-refractivity contribution is -0.176. The highest BCUT2D eigenvalue weighted by Crippen LogP contribution is 2.51. The molecule has 1 N–H and O–H groups in total. The number of nitrogens with one attached hydrogen (secondary N) is 1. The van der Waals surface area contributed by atoms with Crippen LogP contribution in [0.5, 0.6) is 0 Å². The zero-order valence-corrected chi connectivity index (χ0v) is 17.0. The average molecular weight is 441 g/mol. The Morgan fingerprint density at radius 3 is 2.68 bits per heavy atom. The highest BCUT2D eigenvalue weighted by molar-refractivity contribution is 7.57. The summed E-state index contributed by atoms with van der Waals surface area (Å²) in [6.07, 6.45) is 2.53. The second kappa shape index (κ2) is 8.13. The molecule has 9 heteroatoms. The van der Waals surface area contributed by atoms with Crippen LogP contribution in [0.15, 0.2) is 48.0 Å². The molecule has 0 aliphatic rings. The van der Waals surface area contributed by atoms with E-state index in [1.165, 1.54) is 29.7 Å². The predicted octanol–water partition coefficient (Wildman–Crippen LogP) is 4.93. The van der Waals surface area contributed by atoms with Crippen LogP contribution in [0.4, 0.5) is 8.78 Å². The van der Waals surface area contributed by atoms with E-state index >= 15 is 0 Å². The summed E-state index contributed by atoms with van der Waals surface area (Å²) in [7, 11) is -4.11. The van der Waals surface area contributed by atoms with Crippen molar-refractivity contribution in [3.05, 3.63) is 75.8 Å². The molecule has 2 atom stereocenters. The van der Waals surface area contributed by atoms with Crippen LogP contribution in [0.2, 0.25) is 5.02 Å². The summed E-state index contributed by atoms with van der Waals surface area (Å²) >= 11 is 7.32. The van der Waals surface area contributed by atoms with Crippen LogP contribution in [0.1, 0.15) is 16.8 Å². The molecule has 1 amide bonds. The van der Waals surface area contributed by atoms with E-state index in [4.69, 9.17) is 11.6 Å². The zero-order chi connectivity index (χ0) is 20.5. The molecule has 3 aromatic rings. The van der Waals surface area contributed by atoms with Crippen LogP contribution in [-0.2, 0) is 9.36 Å². The summed E-state index contributed by atoms with van der Waals surface area (Å²) < 4.78 is 39.3. The summed E-state index contributed by atoms with van der Waals surface area (Å²) in [4.78, 5) is 25.0. The molecule has 1 heterocycles. The van der Waals surface area contributed by atoms with Gasteiger partial charge in [-0.2, -0.15) is 0 Å². The lowest BCUT2D eigenvalue weighted by Gasteiger charge is -2.27. The molecule has 0 aliphatic carbocycles. The Labute approximate surface area is 168 Å². The van der Waals surface area contributed by atoms with Gasteiger partial charge in [0.15, 0.2) is 11.6 Å². The van der Waals surface area contributed by atoms with Crippen LogP contribution in [-0.4, -0.2) is 12.6 Å². The van der Waals surface area contributed by atoms with Gasteiger partial charge in [0.2, 0.25) is 5.91 Å². The first-order valence-corrected chi connectivity index (χ1v) is 11.4. The SMILES string of the molecule is CP(=O)([O-])C(C(=O)N/C=C/c1ccc(F)c(F)c1)c1csc2ccc(Cl)cc12. The number of hydrogen-bond acceptors (Lipinski definition) is 4. The lowest BCUT2D eigenvalue weighted by atomic mass is 10.1. The van der Waals surface area contributed by atoms with Gasteiger partial charge in [0.1, 0.15) is 5.66 Å². The van der Waals surface area contributed by atoms with Gasteiger partial charge in [-0.3, -0.25) is 4.79 Å². The number of carbonyl (C=O) groups is 1. The van der Waals surface area contributed by atoms with Crippen LogP contribution >= 0.6 is 30.3 Å². The fourth-order valence-corrected chi connectivity index (χ4v) is 5.21. The van der Waals surface area contributed by atoms with Gasteiger partial charge in [-0.05, 0) is 65.0 Å². The number of halogens is 3. The van der Waals surface area contributed by atoms with Crippen LogP contribution < -0.4 is 10.2 Å². The third-order valence-electron chi connectivity index (χ3n) is 4.02. The molecule has 3 rings (SSSR count). The number of carbonyl (C=O) groups excluding carboxylic acids is 1. The Kier molecular flexibility index (Phi) is 6.01. The van der Waals surface area contributed by atoms with Gasteiger partial charge >= 0.3 is 0 Å². The smallest absolute Gasteiger partial charge is 0.237 e. The Hall–Kier alpha value is -2.05. The minimum absolute atomic E-state index is 0.310. The van der Waals surface area contributed by atoms with Crippen molar-refractivity contribution in [3.8, 4) is 0 Å². The summed E-state index contributed by atoms with van der Waals surface area (Å²) in [5.41, 5.74) is -0.748. The fourth-order valence-electron chi connectivity index (χ4n) is 2.75. The van der Waals surface area contributed by atoms with Crippen molar-refractivity contribution in [1.29, 1.82) is 0 Å². The summed E-state index contributed by atoms with van der Waals surface area (Å²) in [5.74, 6) is -2.76. The van der Waals surface area contributed by atoms with E-state index in [1.54, 1.807) is 23.6 Å². The van der Waals surface area contributed by atoms with Crippen molar-refractivity contribution in [1.82, 2.24) is 5.32 Å². The van der Waals surface area contributed by atoms with Crippen molar-refractivity contribution in [2.45, 2.75) is 5.66 Å². The average Bonchev–Trinajstić information content (AvgIpc) is 3.00. The molecule has 0 saturated heterocycles. The van der Waals surface area contributed by atoms with E-state index in [2.05, 4.69) is 5.32 Å². The van der Waals surface area contributed by atoms with E-state index in [-0.39, 0.29) is 0 Å². The number of benzene rings is 2. The van der Waals surface area contributed by atoms with E-state index < -0.39 is 30.6 Å². The van der Waals surface area contributed by atoms with Gasteiger partial charge in [-0.1, -0.05) is 17.7 Å². The third-order valence-corrected chi connectivity index (χ3v) is 6.69. The highest BCUT2D eigenvalue weighted by Gasteiger charge is 2.30. The number of thiophene rings is 1. The molecule has 1 aromatic heterocycles. The maximum absolute atomic E-state index is 13.2. The number of fused-ring (bicyclic) bond motifs is 1. The molecule has 28 heavy (non-hydrogen) atoms.